The Labute approximate surface area is 155 Å². The molecule has 1 N–H and O–H groups in total. The van der Waals surface area contributed by atoms with Crippen molar-refractivity contribution in [3.63, 3.8) is 0 Å². The van der Waals surface area contributed by atoms with Gasteiger partial charge in [-0.3, -0.25) is 14.5 Å². The zero-order chi connectivity index (χ0) is 18.6. The maximum atomic E-state index is 12.4. The second-order valence-electron chi connectivity index (χ2n) is 7.10. The molecule has 1 saturated heterocycles. The molecule has 1 unspecified atom stereocenters. The van der Waals surface area contributed by atoms with Gasteiger partial charge in [0.2, 0.25) is 11.8 Å². The number of carbonyl (C=O) groups is 2. The number of nitrogens with zero attached hydrogens (tertiary/aromatic N) is 2. The fourth-order valence-electron chi connectivity index (χ4n) is 3.34. The van der Waals surface area contributed by atoms with Crippen molar-refractivity contribution in [1.82, 2.24) is 10.2 Å². The normalized spacial score (nSPS) is 17.8. The molecule has 6 heteroatoms. The van der Waals surface area contributed by atoms with Crippen LogP contribution in [0.5, 0.6) is 0 Å². The summed E-state index contributed by atoms with van der Waals surface area (Å²) in [7, 11) is 0. The summed E-state index contributed by atoms with van der Waals surface area (Å²) in [5, 5.41) is 3.57. The van der Waals surface area contributed by atoms with Crippen molar-refractivity contribution < 1.29 is 9.59 Å². The zero-order valence-corrected chi connectivity index (χ0v) is 16.2. The predicted molar refractivity (Wildman–Crippen MR) is 102 cm³/mol. The standard InChI is InChI=1S/C19H28ClN3O2/c1-13(2)22(14(3)4)9-8-21-19(25)15-10-18(24)23(12-15)17-7-5-6-16(20)11-17/h5-7,11,13-15H,8-10,12H2,1-4H3,(H,21,25). The maximum Gasteiger partial charge on any atom is 0.227 e. The molecule has 0 radical (unpaired) electrons. The van der Waals surface area contributed by atoms with E-state index in [1.54, 1.807) is 17.0 Å². The molecule has 1 heterocycles. The Morgan fingerprint density at radius 2 is 2.00 bits per heavy atom. The van der Waals surface area contributed by atoms with Crippen molar-refractivity contribution in [1.29, 1.82) is 0 Å². The minimum atomic E-state index is -0.307. The predicted octanol–water partition coefficient (Wildman–Crippen LogP) is 2.93. The van der Waals surface area contributed by atoms with E-state index in [-0.39, 0.29) is 24.2 Å². The third-order valence-corrected chi connectivity index (χ3v) is 4.85. The van der Waals surface area contributed by atoms with Crippen molar-refractivity contribution in [2.75, 3.05) is 24.5 Å². The van der Waals surface area contributed by atoms with Gasteiger partial charge in [0.15, 0.2) is 0 Å². The number of halogens is 1. The lowest BCUT2D eigenvalue weighted by atomic mass is 10.1. The van der Waals surface area contributed by atoms with Gasteiger partial charge in [-0.25, -0.2) is 0 Å². The summed E-state index contributed by atoms with van der Waals surface area (Å²) in [6, 6.07) is 8.04. The van der Waals surface area contributed by atoms with Gasteiger partial charge in [-0.1, -0.05) is 17.7 Å². The van der Waals surface area contributed by atoms with Gasteiger partial charge in [-0.05, 0) is 45.9 Å². The number of nitrogens with one attached hydrogen (secondary N) is 1. The number of benzene rings is 1. The smallest absolute Gasteiger partial charge is 0.227 e. The lowest BCUT2D eigenvalue weighted by Crippen LogP contribution is -2.43. The van der Waals surface area contributed by atoms with Crippen LogP contribution in [0.4, 0.5) is 5.69 Å². The van der Waals surface area contributed by atoms with Crippen LogP contribution in [-0.4, -0.2) is 48.4 Å². The van der Waals surface area contributed by atoms with Gasteiger partial charge in [0.1, 0.15) is 0 Å². The Balaban J connectivity index is 1.88. The first-order valence-electron chi connectivity index (χ1n) is 8.89. The van der Waals surface area contributed by atoms with E-state index in [1.165, 1.54) is 0 Å². The molecule has 0 aliphatic carbocycles. The van der Waals surface area contributed by atoms with E-state index in [4.69, 9.17) is 11.6 Å². The molecule has 2 amide bonds. The van der Waals surface area contributed by atoms with E-state index in [1.807, 2.05) is 12.1 Å². The van der Waals surface area contributed by atoms with E-state index in [0.717, 1.165) is 12.2 Å². The number of amides is 2. The van der Waals surface area contributed by atoms with Crippen molar-refractivity contribution in [2.24, 2.45) is 5.92 Å². The largest absolute Gasteiger partial charge is 0.355 e. The summed E-state index contributed by atoms with van der Waals surface area (Å²) >= 11 is 6.00. The monoisotopic (exact) mass is 365 g/mol. The Hall–Kier alpha value is -1.59. The van der Waals surface area contributed by atoms with Crippen molar-refractivity contribution in [3.8, 4) is 0 Å². The summed E-state index contributed by atoms with van der Waals surface area (Å²) in [5.41, 5.74) is 0.749. The van der Waals surface area contributed by atoms with Gasteiger partial charge in [-0.2, -0.15) is 0 Å². The second kappa shape index (κ2) is 8.68. The SMILES string of the molecule is CC(C)N(CCNC(=O)C1CC(=O)N(c2cccc(Cl)c2)C1)C(C)C. The number of hydrogen-bond acceptors (Lipinski definition) is 3. The van der Waals surface area contributed by atoms with Crippen molar-refractivity contribution in [2.45, 2.75) is 46.2 Å². The molecule has 25 heavy (non-hydrogen) atoms. The molecule has 1 aliphatic heterocycles. The molecular formula is C19H28ClN3O2. The molecule has 0 spiro atoms. The molecule has 1 fully saturated rings. The van der Waals surface area contributed by atoms with E-state index in [9.17, 15) is 9.59 Å². The molecular weight excluding hydrogens is 338 g/mol. The minimum Gasteiger partial charge on any atom is -0.355 e. The molecule has 1 aromatic carbocycles. The average Bonchev–Trinajstić information content (AvgIpc) is 2.92. The van der Waals surface area contributed by atoms with Crippen molar-refractivity contribution >= 4 is 29.1 Å². The first kappa shape index (κ1) is 19.7. The molecule has 2 rings (SSSR count). The summed E-state index contributed by atoms with van der Waals surface area (Å²) in [4.78, 5) is 28.7. The van der Waals surface area contributed by atoms with Crippen LogP contribution in [0.15, 0.2) is 24.3 Å². The van der Waals surface area contributed by atoms with Crippen LogP contribution >= 0.6 is 11.6 Å². The third kappa shape index (κ3) is 5.19. The van der Waals surface area contributed by atoms with Crippen LogP contribution < -0.4 is 10.2 Å². The maximum absolute atomic E-state index is 12.4. The quantitative estimate of drug-likeness (QED) is 0.808. The van der Waals surface area contributed by atoms with Gasteiger partial charge in [0.05, 0.1) is 5.92 Å². The molecule has 1 atom stereocenters. The molecule has 138 valence electrons. The highest BCUT2D eigenvalue weighted by Gasteiger charge is 2.35. The number of anilines is 1. The summed E-state index contributed by atoms with van der Waals surface area (Å²) in [6.45, 7) is 10.4. The van der Waals surface area contributed by atoms with Gasteiger partial charge in [-0.15, -0.1) is 0 Å². The average molecular weight is 366 g/mol. The first-order valence-corrected chi connectivity index (χ1v) is 9.26. The van der Waals surface area contributed by atoms with Crippen LogP contribution in [0.25, 0.3) is 0 Å². The van der Waals surface area contributed by atoms with Gasteiger partial charge >= 0.3 is 0 Å². The fraction of sp³-hybridized carbons (Fsp3) is 0.579. The zero-order valence-electron chi connectivity index (χ0n) is 15.5. The molecule has 1 aromatic rings. The summed E-state index contributed by atoms with van der Waals surface area (Å²) < 4.78 is 0. The van der Waals surface area contributed by atoms with Crippen LogP contribution in [0.1, 0.15) is 34.1 Å². The highest BCUT2D eigenvalue weighted by Crippen LogP contribution is 2.27. The lowest BCUT2D eigenvalue weighted by molar-refractivity contribution is -0.126. The summed E-state index contributed by atoms with van der Waals surface area (Å²) in [6.07, 6.45) is 0.246. The van der Waals surface area contributed by atoms with Crippen LogP contribution in [-0.2, 0) is 9.59 Å². The summed E-state index contributed by atoms with van der Waals surface area (Å²) in [5.74, 6) is -0.392. The Kier molecular flexibility index (Phi) is 6.85. The van der Waals surface area contributed by atoms with Crippen molar-refractivity contribution in [3.05, 3.63) is 29.3 Å². The number of carbonyl (C=O) groups excluding carboxylic acids is 2. The first-order chi connectivity index (χ1) is 11.8. The molecule has 0 bridgehead atoms. The lowest BCUT2D eigenvalue weighted by Gasteiger charge is -2.30. The van der Waals surface area contributed by atoms with Crippen LogP contribution in [0.3, 0.4) is 0 Å². The Bertz CT molecular complexity index is 610. The van der Waals surface area contributed by atoms with Gasteiger partial charge in [0.25, 0.3) is 0 Å². The third-order valence-electron chi connectivity index (χ3n) is 4.61. The van der Waals surface area contributed by atoms with Gasteiger partial charge < -0.3 is 10.2 Å². The van der Waals surface area contributed by atoms with Crippen LogP contribution in [0.2, 0.25) is 5.02 Å². The molecule has 5 nitrogen and oxygen atoms in total. The fourth-order valence-corrected chi connectivity index (χ4v) is 3.53. The highest BCUT2D eigenvalue weighted by atomic mass is 35.5. The molecule has 1 aliphatic rings. The molecule has 0 saturated carbocycles. The van der Waals surface area contributed by atoms with E-state index >= 15 is 0 Å². The Morgan fingerprint density at radius 1 is 1.32 bits per heavy atom. The number of hydrogen-bond donors (Lipinski definition) is 1. The number of rotatable bonds is 7. The highest BCUT2D eigenvalue weighted by molar-refractivity contribution is 6.30. The second-order valence-corrected chi connectivity index (χ2v) is 7.54. The van der Waals surface area contributed by atoms with E-state index in [0.29, 0.717) is 30.2 Å². The Morgan fingerprint density at radius 3 is 2.60 bits per heavy atom. The van der Waals surface area contributed by atoms with E-state index < -0.39 is 0 Å². The topological polar surface area (TPSA) is 52.7 Å². The van der Waals surface area contributed by atoms with E-state index in [2.05, 4.69) is 37.9 Å². The van der Waals surface area contributed by atoms with Gasteiger partial charge in [0, 0.05) is 48.8 Å². The minimum absolute atomic E-state index is 0.0339. The molecule has 0 aromatic heterocycles. The van der Waals surface area contributed by atoms with Crippen LogP contribution in [0, 0.1) is 5.92 Å².